The largest absolute Gasteiger partial charge is 0.370 e. The van der Waals surface area contributed by atoms with Gasteiger partial charge in [-0.1, -0.05) is 26.8 Å². The number of amides is 1. The third-order valence-corrected chi connectivity index (χ3v) is 4.29. The molecule has 0 saturated heterocycles. The summed E-state index contributed by atoms with van der Waals surface area (Å²) in [6, 6.07) is 5.84. The SMILES string of the molecule is CCCNc1cccc(C(=O)NC2CCC(C)CC2C)n1. The van der Waals surface area contributed by atoms with Crippen molar-refractivity contribution in [2.45, 2.75) is 52.5 Å². The van der Waals surface area contributed by atoms with E-state index in [1.807, 2.05) is 12.1 Å². The average Bonchev–Trinajstić information content (AvgIpc) is 2.48. The van der Waals surface area contributed by atoms with Crippen LogP contribution in [0.15, 0.2) is 18.2 Å². The maximum absolute atomic E-state index is 12.4. The Balaban J connectivity index is 1.96. The molecule has 1 aliphatic carbocycles. The number of aromatic nitrogens is 1. The number of hydrogen-bond donors (Lipinski definition) is 2. The Kier molecular flexibility index (Phi) is 5.59. The molecule has 1 aromatic rings. The zero-order valence-corrected chi connectivity index (χ0v) is 13.4. The molecule has 4 heteroatoms. The van der Waals surface area contributed by atoms with Gasteiger partial charge >= 0.3 is 0 Å². The Morgan fingerprint density at radius 3 is 2.86 bits per heavy atom. The van der Waals surface area contributed by atoms with Crippen LogP contribution >= 0.6 is 0 Å². The molecule has 3 unspecified atom stereocenters. The molecule has 116 valence electrons. The quantitative estimate of drug-likeness (QED) is 0.873. The van der Waals surface area contributed by atoms with E-state index in [1.54, 1.807) is 6.07 Å². The minimum atomic E-state index is -0.0541. The van der Waals surface area contributed by atoms with Gasteiger partial charge in [0.2, 0.25) is 0 Å². The maximum Gasteiger partial charge on any atom is 0.270 e. The minimum Gasteiger partial charge on any atom is -0.370 e. The summed E-state index contributed by atoms with van der Waals surface area (Å²) in [4.78, 5) is 16.8. The Morgan fingerprint density at radius 2 is 2.14 bits per heavy atom. The number of nitrogens with one attached hydrogen (secondary N) is 2. The van der Waals surface area contributed by atoms with Gasteiger partial charge in [0.1, 0.15) is 11.5 Å². The fourth-order valence-corrected chi connectivity index (χ4v) is 3.03. The highest BCUT2D eigenvalue weighted by Crippen LogP contribution is 2.28. The van der Waals surface area contributed by atoms with E-state index < -0.39 is 0 Å². The van der Waals surface area contributed by atoms with E-state index in [0.29, 0.717) is 11.6 Å². The van der Waals surface area contributed by atoms with E-state index in [1.165, 1.54) is 12.8 Å². The van der Waals surface area contributed by atoms with Gasteiger partial charge in [0.25, 0.3) is 5.91 Å². The van der Waals surface area contributed by atoms with Gasteiger partial charge in [0.05, 0.1) is 0 Å². The summed E-state index contributed by atoms with van der Waals surface area (Å²) in [5.74, 6) is 2.03. The number of carbonyl (C=O) groups is 1. The standard InChI is InChI=1S/C17H27N3O/c1-4-10-18-16-7-5-6-15(19-16)17(21)20-14-9-8-12(2)11-13(14)3/h5-7,12-14H,4,8-11H2,1-3H3,(H,18,19)(H,20,21). The van der Waals surface area contributed by atoms with E-state index in [-0.39, 0.29) is 11.9 Å². The second-order valence-corrected chi connectivity index (χ2v) is 6.31. The van der Waals surface area contributed by atoms with E-state index >= 15 is 0 Å². The lowest BCUT2D eigenvalue weighted by Gasteiger charge is -2.33. The third-order valence-electron chi connectivity index (χ3n) is 4.29. The summed E-state index contributed by atoms with van der Waals surface area (Å²) in [7, 11) is 0. The molecule has 0 bridgehead atoms. The molecule has 0 aromatic carbocycles. The van der Waals surface area contributed by atoms with Crippen LogP contribution in [0.3, 0.4) is 0 Å². The van der Waals surface area contributed by atoms with E-state index in [4.69, 9.17) is 0 Å². The maximum atomic E-state index is 12.4. The number of pyridine rings is 1. The molecular weight excluding hydrogens is 262 g/mol. The van der Waals surface area contributed by atoms with E-state index in [9.17, 15) is 4.79 Å². The van der Waals surface area contributed by atoms with Crippen molar-refractivity contribution in [3.05, 3.63) is 23.9 Å². The van der Waals surface area contributed by atoms with Crippen molar-refractivity contribution in [3.8, 4) is 0 Å². The zero-order valence-electron chi connectivity index (χ0n) is 13.4. The lowest BCUT2D eigenvalue weighted by molar-refractivity contribution is 0.0894. The van der Waals surface area contributed by atoms with Crippen LogP contribution in [0.4, 0.5) is 5.82 Å². The number of anilines is 1. The highest BCUT2D eigenvalue weighted by molar-refractivity contribution is 5.92. The lowest BCUT2D eigenvalue weighted by Crippen LogP contribution is -2.42. The average molecular weight is 289 g/mol. The summed E-state index contributed by atoms with van der Waals surface area (Å²) in [5.41, 5.74) is 0.502. The van der Waals surface area contributed by atoms with Gasteiger partial charge in [0.15, 0.2) is 0 Å². The Bertz CT molecular complexity index is 475. The molecule has 0 radical (unpaired) electrons. The molecule has 1 heterocycles. The fraction of sp³-hybridized carbons (Fsp3) is 0.647. The summed E-state index contributed by atoms with van der Waals surface area (Å²) >= 11 is 0. The van der Waals surface area contributed by atoms with Crippen molar-refractivity contribution in [1.82, 2.24) is 10.3 Å². The molecule has 1 saturated carbocycles. The summed E-state index contributed by atoms with van der Waals surface area (Å²) < 4.78 is 0. The lowest BCUT2D eigenvalue weighted by atomic mass is 9.80. The molecule has 21 heavy (non-hydrogen) atoms. The molecule has 1 aromatic heterocycles. The van der Waals surface area contributed by atoms with Crippen LogP contribution in [-0.2, 0) is 0 Å². The molecule has 0 aliphatic heterocycles. The monoisotopic (exact) mass is 289 g/mol. The highest BCUT2D eigenvalue weighted by Gasteiger charge is 2.27. The normalized spacial score (nSPS) is 25.4. The van der Waals surface area contributed by atoms with Crippen LogP contribution in [0, 0.1) is 11.8 Å². The van der Waals surface area contributed by atoms with Gasteiger partial charge in [0, 0.05) is 12.6 Å². The van der Waals surface area contributed by atoms with E-state index in [0.717, 1.165) is 31.1 Å². The number of carbonyl (C=O) groups excluding carboxylic acids is 1. The van der Waals surface area contributed by atoms with Crippen molar-refractivity contribution >= 4 is 11.7 Å². The molecule has 1 amide bonds. The minimum absolute atomic E-state index is 0.0541. The summed E-state index contributed by atoms with van der Waals surface area (Å²) in [6.07, 6.45) is 4.50. The first-order chi connectivity index (χ1) is 10.1. The predicted octanol–water partition coefficient (Wildman–Crippen LogP) is 3.46. The molecule has 0 spiro atoms. The second-order valence-electron chi connectivity index (χ2n) is 6.31. The Hall–Kier alpha value is -1.58. The molecule has 2 N–H and O–H groups in total. The van der Waals surface area contributed by atoms with Crippen molar-refractivity contribution in [2.75, 3.05) is 11.9 Å². The number of hydrogen-bond acceptors (Lipinski definition) is 3. The first-order valence-electron chi connectivity index (χ1n) is 8.12. The van der Waals surface area contributed by atoms with E-state index in [2.05, 4.69) is 36.4 Å². The molecule has 1 fully saturated rings. The van der Waals surface area contributed by atoms with Crippen LogP contribution in [0.5, 0.6) is 0 Å². The van der Waals surface area contributed by atoms with Gasteiger partial charge in [-0.05, 0) is 49.7 Å². The van der Waals surface area contributed by atoms with Crippen molar-refractivity contribution in [1.29, 1.82) is 0 Å². The molecule has 3 atom stereocenters. The predicted molar refractivity (Wildman–Crippen MR) is 86.5 cm³/mol. The van der Waals surface area contributed by atoms with Crippen LogP contribution in [0.1, 0.15) is 56.9 Å². The van der Waals surface area contributed by atoms with Gasteiger partial charge < -0.3 is 10.6 Å². The van der Waals surface area contributed by atoms with Crippen molar-refractivity contribution < 1.29 is 4.79 Å². The van der Waals surface area contributed by atoms with Gasteiger partial charge in [-0.3, -0.25) is 4.79 Å². The van der Waals surface area contributed by atoms with Crippen molar-refractivity contribution in [2.24, 2.45) is 11.8 Å². The highest BCUT2D eigenvalue weighted by atomic mass is 16.1. The zero-order chi connectivity index (χ0) is 15.2. The van der Waals surface area contributed by atoms with Crippen LogP contribution in [-0.4, -0.2) is 23.5 Å². The number of nitrogens with zero attached hydrogens (tertiary/aromatic N) is 1. The molecular formula is C17H27N3O. The molecule has 1 aliphatic rings. The summed E-state index contributed by atoms with van der Waals surface area (Å²) in [5, 5.41) is 6.38. The summed E-state index contributed by atoms with van der Waals surface area (Å²) in [6.45, 7) is 7.50. The first kappa shape index (κ1) is 15.8. The topological polar surface area (TPSA) is 54.0 Å². The smallest absolute Gasteiger partial charge is 0.270 e. The second kappa shape index (κ2) is 7.43. The Morgan fingerprint density at radius 1 is 1.33 bits per heavy atom. The fourth-order valence-electron chi connectivity index (χ4n) is 3.03. The van der Waals surface area contributed by atoms with Gasteiger partial charge in [-0.2, -0.15) is 0 Å². The van der Waals surface area contributed by atoms with Crippen LogP contribution in [0.2, 0.25) is 0 Å². The molecule has 4 nitrogen and oxygen atoms in total. The first-order valence-corrected chi connectivity index (χ1v) is 8.12. The van der Waals surface area contributed by atoms with Gasteiger partial charge in [-0.25, -0.2) is 4.98 Å². The van der Waals surface area contributed by atoms with Crippen LogP contribution < -0.4 is 10.6 Å². The Labute approximate surface area is 127 Å². The van der Waals surface area contributed by atoms with Gasteiger partial charge in [-0.15, -0.1) is 0 Å². The van der Waals surface area contributed by atoms with Crippen LogP contribution in [0.25, 0.3) is 0 Å². The number of rotatable bonds is 5. The third kappa shape index (κ3) is 4.45. The molecule has 2 rings (SSSR count). The van der Waals surface area contributed by atoms with Crippen molar-refractivity contribution in [3.63, 3.8) is 0 Å².